The van der Waals surface area contributed by atoms with Crippen molar-refractivity contribution in [1.82, 2.24) is 14.8 Å². The smallest absolute Gasteiger partial charge is 0.410 e. The summed E-state index contributed by atoms with van der Waals surface area (Å²) < 4.78 is 5.38. The van der Waals surface area contributed by atoms with Crippen LogP contribution in [0.1, 0.15) is 20.8 Å². The minimum absolute atomic E-state index is 0.0683. The molecule has 0 N–H and O–H groups in total. The molecule has 2 amide bonds. The number of fused-ring (bicyclic) bond motifs is 1. The lowest BCUT2D eigenvalue weighted by Gasteiger charge is -2.35. The second-order valence-corrected chi connectivity index (χ2v) is 8.47. The zero-order valence-corrected chi connectivity index (χ0v) is 16.8. The van der Waals surface area contributed by atoms with E-state index in [1.807, 2.05) is 57.2 Å². The third-order valence-electron chi connectivity index (χ3n) is 4.20. The van der Waals surface area contributed by atoms with E-state index < -0.39 is 5.60 Å². The van der Waals surface area contributed by atoms with Gasteiger partial charge in [-0.1, -0.05) is 36.0 Å². The number of hydrogen-bond donors (Lipinski definition) is 0. The predicted molar refractivity (Wildman–Crippen MR) is 107 cm³/mol. The Morgan fingerprint density at radius 2 is 1.70 bits per heavy atom. The molecule has 1 aromatic carbocycles. The number of benzene rings is 1. The molecule has 0 unspecified atom stereocenters. The van der Waals surface area contributed by atoms with Gasteiger partial charge in [-0.3, -0.25) is 4.79 Å². The van der Waals surface area contributed by atoms with E-state index in [9.17, 15) is 9.59 Å². The molecule has 0 aliphatic carbocycles. The molecule has 0 atom stereocenters. The summed E-state index contributed by atoms with van der Waals surface area (Å²) in [6.07, 6.45) is -0.315. The van der Waals surface area contributed by atoms with E-state index in [4.69, 9.17) is 4.74 Å². The zero-order chi connectivity index (χ0) is 19.4. The number of para-hydroxylation sites is 1. The highest BCUT2D eigenvalue weighted by atomic mass is 32.2. The van der Waals surface area contributed by atoms with Crippen LogP contribution in [0.3, 0.4) is 0 Å². The van der Waals surface area contributed by atoms with Crippen LogP contribution in [0.25, 0.3) is 10.9 Å². The average molecular weight is 388 g/mol. The van der Waals surface area contributed by atoms with Crippen LogP contribution < -0.4 is 0 Å². The molecule has 1 fully saturated rings. The van der Waals surface area contributed by atoms with E-state index >= 15 is 0 Å². The molecule has 2 aromatic rings. The van der Waals surface area contributed by atoms with Gasteiger partial charge in [0.1, 0.15) is 5.60 Å². The van der Waals surface area contributed by atoms with Crippen LogP contribution in [0.5, 0.6) is 0 Å². The molecule has 3 rings (SSSR count). The van der Waals surface area contributed by atoms with Gasteiger partial charge in [-0.15, -0.1) is 0 Å². The lowest BCUT2D eigenvalue weighted by molar-refractivity contribution is -0.130. The Bertz CT molecular complexity index is 827. The summed E-state index contributed by atoms with van der Waals surface area (Å²) in [5, 5.41) is 1.93. The summed E-state index contributed by atoms with van der Waals surface area (Å²) in [6.45, 7) is 7.61. The molecule has 2 heterocycles. The fraction of sp³-hybridized carbons (Fsp3) is 0.450. The molecular weight excluding hydrogens is 362 g/mol. The van der Waals surface area contributed by atoms with Gasteiger partial charge in [0.25, 0.3) is 0 Å². The predicted octanol–water partition coefficient (Wildman–Crippen LogP) is 3.41. The van der Waals surface area contributed by atoms with Gasteiger partial charge in [0.15, 0.2) is 0 Å². The van der Waals surface area contributed by atoms with Gasteiger partial charge in [-0.2, -0.15) is 0 Å². The Hall–Kier alpha value is -2.28. The molecule has 0 saturated carbocycles. The van der Waals surface area contributed by atoms with Gasteiger partial charge in [-0.05, 0) is 32.9 Å². The maximum absolute atomic E-state index is 12.5. The van der Waals surface area contributed by atoms with Crippen LogP contribution in [-0.2, 0) is 9.53 Å². The molecular formula is C20H25N3O3S. The molecule has 1 saturated heterocycles. The molecule has 6 nitrogen and oxygen atoms in total. The normalized spacial score (nSPS) is 15.1. The number of nitrogens with zero attached hydrogens (tertiary/aromatic N) is 3. The molecule has 27 heavy (non-hydrogen) atoms. The van der Waals surface area contributed by atoms with Gasteiger partial charge >= 0.3 is 6.09 Å². The number of pyridine rings is 1. The van der Waals surface area contributed by atoms with Crippen LogP contribution in [0.4, 0.5) is 4.79 Å². The summed E-state index contributed by atoms with van der Waals surface area (Å²) in [5.74, 6) is 0.413. The third-order valence-corrected chi connectivity index (χ3v) is 5.11. The number of hydrogen-bond acceptors (Lipinski definition) is 5. The van der Waals surface area contributed by atoms with Crippen molar-refractivity contribution in [3.63, 3.8) is 0 Å². The molecule has 0 bridgehead atoms. The van der Waals surface area contributed by atoms with Crippen molar-refractivity contribution in [2.45, 2.75) is 31.4 Å². The highest BCUT2D eigenvalue weighted by molar-refractivity contribution is 7.99. The fourth-order valence-electron chi connectivity index (χ4n) is 2.82. The molecule has 1 aromatic heterocycles. The number of ether oxygens (including phenoxy) is 1. The summed E-state index contributed by atoms with van der Waals surface area (Å²) in [5.41, 5.74) is 0.425. The number of amides is 2. The summed E-state index contributed by atoms with van der Waals surface area (Å²) in [4.78, 5) is 32.6. The van der Waals surface area contributed by atoms with Crippen molar-refractivity contribution in [3.05, 3.63) is 36.4 Å². The minimum Gasteiger partial charge on any atom is -0.444 e. The van der Waals surface area contributed by atoms with Gasteiger partial charge < -0.3 is 14.5 Å². The summed E-state index contributed by atoms with van der Waals surface area (Å²) in [6, 6.07) is 11.9. The molecule has 7 heteroatoms. The Balaban J connectivity index is 1.48. The average Bonchev–Trinajstić information content (AvgIpc) is 2.64. The molecule has 0 radical (unpaired) electrons. The van der Waals surface area contributed by atoms with Crippen molar-refractivity contribution in [2.24, 2.45) is 0 Å². The van der Waals surface area contributed by atoms with Crippen LogP contribution in [0.15, 0.2) is 41.4 Å². The van der Waals surface area contributed by atoms with Crippen molar-refractivity contribution in [3.8, 4) is 0 Å². The van der Waals surface area contributed by atoms with Crippen LogP contribution >= 0.6 is 11.8 Å². The second-order valence-electron chi connectivity index (χ2n) is 7.48. The fourth-order valence-corrected chi connectivity index (χ4v) is 3.60. The minimum atomic E-state index is -0.506. The largest absolute Gasteiger partial charge is 0.444 e. The first-order valence-electron chi connectivity index (χ1n) is 9.06. The second kappa shape index (κ2) is 8.17. The highest BCUT2D eigenvalue weighted by Gasteiger charge is 2.27. The van der Waals surface area contributed by atoms with Gasteiger partial charge in [-0.25, -0.2) is 9.78 Å². The number of piperazine rings is 1. The van der Waals surface area contributed by atoms with Crippen molar-refractivity contribution in [1.29, 1.82) is 0 Å². The van der Waals surface area contributed by atoms with Gasteiger partial charge in [0.05, 0.1) is 16.3 Å². The highest BCUT2D eigenvalue weighted by Crippen LogP contribution is 2.20. The van der Waals surface area contributed by atoms with E-state index in [1.54, 1.807) is 9.80 Å². The SMILES string of the molecule is CC(C)(C)OC(=O)N1CCN(C(=O)CSc2ccc3ccccc3n2)CC1. The first-order chi connectivity index (χ1) is 12.8. The van der Waals surface area contributed by atoms with Gasteiger partial charge in [0.2, 0.25) is 5.91 Å². The molecule has 1 aliphatic rings. The van der Waals surface area contributed by atoms with Crippen LogP contribution in [-0.4, -0.2) is 64.3 Å². The third kappa shape index (κ3) is 5.35. The molecule has 1 aliphatic heterocycles. The lowest BCUT2D eigenvalue weighted by atomic mass is 10.2. The number of carbonyl (C=O) groups is 2. The number of rotatable bonds is 3. The Labute approximate surface area is 163 Å². The van der Waals surface area contributed by atoms with Crippen LogP contribution in [0.2, 0.25) is 0 Å². The van der Waals surface area contributed by atoms with Crippen molar-refractivity contribution in [2.75, 3.05) is 31.9 Å². The maximum Gasteiger partial charge on any atom is 0.410 e. The van der Waals surface area contributed by atoms with E-state index in [2.05, 4.69) is 4.98 Å². The summed E-state index contributed by atoms with van der Waals surface area (Å²) in [7, 11) is 0. The lowest BCUT2D eigenvalue weighted by Crippen LogP contribution is -2.52. The van der Waals surface area contributed by atoms with Gasteiger partial charge in [0, 0.05) is 31.6 Å². The topological polar surface area (TPSA) is 62.7 Å². The number of thioether (sulfide) groups is 1. The monoisotopic (exact) mass is 387 g/mol. The maximum atomic E-state index is 12.5. The van der Waals surface area contributed by atoms with E-state index in [0.29, 0.717) is 31.9 Å². The number of aromatic nitrogens is 1. The molecule has 144 valence electrons. The first kappa shape index (κ1) is 19.5. The standard InChI is InChI=1S/C20H25N3O3S/c1-20(2,3)26-19(25)23-12-10-22(11-13-23)18(24)14-27-17-9-8-15-6-4-5-7-16(15)21-17/h4-9H,10-14H2,1-3H3. The van der Waals surface area contributed by atoms with Crippen molar-refractivity contribution < 1.29 is 14.3 Å². The Kier molecular flexibility index (Phi) is 5.89. The Morgan fingerprint density at radius 1 is 1.04 bits per heavy atom. The zero-order valence-electron chi connectivity index (χ0n) is 16.0. The van der Waals surface area contributed by atoms with E-state index in [1.165, 1.54) is 11.8 Å². The first-order valence-corrected chi connectivity index (χ1v) is 10.0. The van der Waals surface area contributed by atoms with Crippen molar-refractivity contribution >= 4 is 34.7 Å². The van der Waals surface area contributed by atoms with E-state index in [0.717, 1.165) is 15.9 Å². The van der Waals surface area contributed by atoms with E-state index in [-0.39, 0.29) is 12.0 Å². The Morgan fingerprint density at radius 3 is 2.41 bits per heavy atom. The summed E-state index contributed by atoms with van der Waals surface area (Å²) >= 11 is 1.44. The quantitative estimate of drug-likeness (QED) is 0.756. The van der Waals surface area contributed by atoms with Crippen LogP contribution in [0, 0.1) is 0 Å². The number of carbonyl (C=O) groups excluding carboxylic acids is 2. The molecule has 0 spiro atoms.